The van der Waals surface area contributed by atoms with Crippen LogP contribution in [0.3, 0.4) is 0 Å². The second kappa shape index (κ2) is 8.13. The molecule has 2 aromatic rings. The molecule has 6 heteroatoms. The van der Waals surface area contributed by atoms with Gasteiger partial charge >= 0.3 is 0 Å². The number of hydrogen-bond acceptors (Lipinski definition) is 5. The van der Waals surface area contributed by atoms with Gasteiger partial charge in [0.15, 0.2) is 0 Å². The molecule has 1 aliphatic heterocycles. The number of ether oxygens (including phenoxy) is 1. The molecular weight excluding hydrogens is 342 g/mol. The van der Waals surface area contributed by atoms with E-state index in [4.69, 9.17) is 9.15 Å². The summed E-state index contributed by atoms with van der Waals surface area (Å²) in [7, 11) is 1.62. The van der Waals surface area contributed by atoms with E-state index < -0.39 is 0 Å². The minimum absolute atomic E-state index is 0.0361. The third-order valence-electron chi connectivity index (χ3n) is 4.86. The highest BCUT2D eigenvalue weighted by Gasteiger charge is 2.23. The molecular formula is C21H29N3O3. The lowest BCUT2D eigenvalue weighted by Crippen LogP contribution is -2.35. The molecule has 1 saturated heterocycles. The van der Waals surface area contributed by atoms with Crippen molar-refractivity contribution in [3.05, 3.63) is 47.7 Å². The molecule has 0 N–H and O–H groups in total. The van der Waals surface area contributed by atoms with Crippen molar-refractivity contribution in [1.82, 2.24) is 14.8 Å². The van der Waals surface area contributed by atoms with Crippen LogP contribution in [0.5, 0.6) is 5.75 Å². The molecule has 2 heterocycles. The van der Waals surface area contributed by atoms with Crippen molar-refractivity contribution in [1.29, 1.82) is 0 Å². The Balaban J connectivity index is 1.58. The molecule has 0 unspecified atom stereocenters. The summed E-state index contributed by atoms with van der Waals surface area (Å²) in [6.45, 7) is 10.2. The molecule has 1 amide bonds. The molecule has 3 rings (SSSR count). The van der Waals surface area contributed by atoms with Gasteiger partial charge in [0.05, 0.1) is 19.9 Å². The molecule has 0 radical (unpaired) electrons. The fourth-order valence-electron chi connectivity index (χ4n) is 3.17. The second-order valence-electron chi connectivity index (χ2n) is 8.02. The van der Waals surface area contributed by atoms with E-state index >= 15 is 0 Å². The number of amides is 1. The number of oxazole rings is 1. The van der Waals surface area contributed by atoms with Crippen LogP contribution < -0.4 is 4.74 Å². The summed E-state index contributed by atoms with van der Waals surface area (Å²) in [4.78, 5) is 21.4. The summed E-state index contributed by atoms with van der Waals surface area (Å²) in [6, 6.07) is 7.30. The number of hydrogen-bond donors (Lipinski definition) is 0. The Hall–Kier alpha value is -2.34. The van der Waals surface area contributed by atoms with Crippen molar-refractivity contribution < 1.29 is 13.9 Å². The molecule has 1 aliphatic rings. The Kier molecular flexibility index (Phi) is 5.85. The van der Waals surface area contributed by atoms with Gasteiger partial charge in [0, 0.05) is 37.2 Å². The van der Waals surface area contributed by atoms with Gasteiger partial charge < -0.3 is 14.1 Å². The van der Waals surface area contributed by atoms with Crippen LogP contribution in [0.4, 0.5) is 0 Å². The quantitative estimate of drug-likeness (QED) is 0.825. The first kappa shape index (κ1) is 19.4. The van der Waals surface area contributed by atoms with Crippen LogP contribution in [0, 0.1) is 0 Å². The molecule has 0 spiro atoms. The van der Waals surface area contributed by atoms with Crippen molar-refractivity contribution in [3.8, 4) is 5.75 Å². The van der Waals surface area contributed by atoms with E-state index in [1.165, 1.54) is 0 Å². The standard InChI is InChI=1S/C21H29N3O3/c1-21(2,3)18-14-22-19(27-18)15-23-10-5-11-24(13-12-23)20(25)16-6-8-17(26-4)9-7-16/h6-9,14H,5,10-13,15H2,1-4H3. The van der Waals surface area contributed by atoms with Gasteiger partial charge in [-0.3, -0.25) is 9.69 Å². The maximum atomic E-state index is 12.8. The van der Waals surface area contributed by atoms with Crippen molar-refractivity contribution in [2.24, 2.45) is 0 Å². The maximum Gasteiger partial charge on any atom is 0.253 e. The van der Waals surface area contributed by atoms with Gasteiger partial charge in [-0.2, -0.15) is 0 Å². The first-order valence-corrected chi connectivity index (χ1v) is 9.47. The Morgan fingerprint density at radius 3 is 2.52 bits per heavy atom. The molecule has 0 aliphatic carbocycles. The van der Waals surface area contributed by atoms with Gasteiger partial charge in [-0.05, 0) is 30.7 Å². The van der Waals surface area contributed by atoms with Crippen molar-refractivity contribution in [3.63, 3.8) is 0 Å². The topological polar surface area (TPSA) is 58.8 Å². The summed E-state index contributed by atoms with van der Waals surface area (Å²) in [5, 5.41) is 0. The normalized spacial score (nSPS) is 16.2. The summed E-state index contributed by atoms with van der Waals surface area (Å²) < 4.78 is 11.1. The van der Waals surface area contributed by atoms with Crippen LogP contribution in [0.1, 0.15) is 49.2 Å². The van der Waals surface area contributed by atoms with Crippen LogP contribution in [0.2, 0.25) is 0 Å². The molecule has 146 valence electrons. The van der Waals surface area contributed by atoms with Gasteiger partial charge in [-0.15, -0.1) is 0 Å². The van der Waals surface area contributed by atoms with E-state index in [-0.39, 0.29) is 11.3 Å². The predicted molar refractivity (Wildman–Crippen MR) is 104 cm³/mol. The third-order valence-corrected chi connectivity index (χ3v) is 4.86. The first-order valence-electron chi connectivity index (χ1n) is 9.47. The zero-order valence-electron chi connectivity index (χ0n) is 16.7. The monoisotopic (exact) mass is 371 g/mol. The molecule has 27 heavy (non-hydrogen) atoms. The predicted octanol–water partition coefficient (Wildman–Crippen LogP) is 3.33. The molecule has 0 atom stereocenters. The SMILES string of the molecule is COc1ccc(C(=O)N2CCCN(Cc3ncc(C(C)(C)C)o3)CC2)cc1. The molecule has 1 fully saturated rings. The number of benzene rings is 1. The number of carbonyl (C=O) groups is 1. The largest absolute Gasteiger partial charge is 0.497 e. The van der Waals surface area contributed by atoms with E-state index in [0.29, 0.717) is 18.7 Å². The molecule has 1 aromatic heterocycles. The van der Waals surface area contributed by atoms with Crippen LogP contribution in [0.25, 0.3) is 0 Å². The molecule has 1 aromatic carbocycles. The van der Waals surface area contributed by atoms with Gasteiger partial charge in [-0.1, -0.05) is 20.8 Å². The molecule has 0 bridgehead atoms. The van der Waals surface area contributed by atoms with E-state index in [1.807, 2.05) is 35.4 Å². The van der Waals surface area contributed by atoms with Crippen molar-refractivity contribution >= 4 is 5.91 Å². The average Bonchev–Trinajstić information content (AvgIpc) is 3.00. The van der Waals surface area contributed by atoms with Crippen LogP contribution >= 0.6 is 0 Å². The summed E-state index contributed by atoms with van der Waals surface area (Å²) in [6.07, 6.45) is 2.77. The van der Waals surface area contributed by atoms with Crippen molar-refractivity contribution in [2.45, 2.75) is 39.2 Å². The lowest BCUT2D eigenvalue weighted by Gasteiger charge is -2.21. The van der Waals surface area contributed by atoms with E-state index in [1.54, 1.807) is 7.11 Å². The van der Waals surface area contributed by atoms with Gasteiger partial charge in [0.1, 0.15) is 11.5 Å². The number of carbonyl (C=O) groups excluding carboxylic acids is 1. The van der Waals surface area contributed by atoms with Gasteiger partial charge in [0.25, 0.3) is 5.91 Å². The number of nitrogens with zero attached hydrogens (tertiary/aromatic N) is 3. The highest BCUT2D eigenvalue weighted by atomic mass is 16.5. The zero-order valence-corrected chi connectivity index (χ0v) is 16.7. The minimum Gasteiger partial charge on any atom is -0.497 e. The summed E-state index contributed by atoms with van der Waals surface area (Å²) in [5.74, 6) is 2.48. The zero-order chi connectivity index (χ0) is 19.4. The first-order chi connectivity index (χ1) is 12.9. The highest BCUT2D eigenvalue weighted by Crippen LogP contribution is 2.23. The number of methoxy groups -OCH3 is 1. The second-order valence-corrected chi connectivity index (χ2v) is 8.02. The Morgan fingerprint density at radius 2 is 1.89 bits per heavy atom. The van der Waals surface area contributed by atoms with Crippen LogP contribution in [-0.2, 0) is 12.0 Å². The van der Waals surface area contributed by atoms with E-state index in [0.717, 1.165) is 43.5 Å². The Morgan fingerprint density at radius 1 is 1.15 bits per heavy atom. The van der Waals surface area contributed by atoms with E-state index in [2.05, 4.69) is 30.7 Å². The van der Waals surface area contributed by atoms with E-state index in [9.17, 15) is 4.79 Å². The number of rotatable bonds is 4. The lowest BCUT2D eigenvalue weighted by atomic mass is 9.94. The molecule has 6 nitrogen and oxygen atoms in total. The molecule has 0 saturated carbocycles. The fraction of sp³-hybridized carbons (Fsp3) is 0.524. The lowest BCUT2D eigenvalue weighted by molar-refractivity contribution is 0.0760. The Labute approximate surface area is 161 Å². The Bertz CT molecular complexity index is 762. The van der Waals surface area contributed by atoms with Crippen molar-refractivity contribution in [2.75, 3.05) is 33.3 Å². The third kappa shape index (κ3) is 4.89. The minimum atomic E-state index is -0.0361. The smallest absolute Gasteiger partial charge is 0.253 e. The number of aromatic nitrogens is 1. The van der Waals surface area contributed by atoms with Gasteiger partial charge in [0.2, 0.25) is 5.89 Å². The summed E-state index contributed by atoms with van der Waals surface area (Å²) in [5.41, 5.74) is 0.665. The maximum absolute atomic E-state index is 12.8. The van der Waals surface area contributed by atoms with Crippen LogP contribution in [0.15, 0.2) is 34.9 Å². The van der Waals surface area contributed by atoms with Crippen LogP contribution in [-0.4, -0.2) is 54.0 Å². The summed E-state index contributed by atoms with van der Waals surface area (Å²) >= 11 is 0. The highest BCUT2D eigenvalue weighted by molar-refractivity contribution is 5.94. The van der Waals surface area contributed by atoms with Gasteiger partial charge in [-0.25, -0.2) is 4.98 Å². The fourth-order valence-corrected chi connectivity index (χ4v) is 3.17. The average molecular weight is 371 g/mol.